The van der Waals surface area contributed by atoms with Crippen molar-refractivity contribution in [3.05, 3.63) is 17.0 Å². The lowest BCUT2D eigenvalue weighted by Crippen LogP contribution is -2.19. The van der Waals surface area contributed by atoms with Crippen LogP contribution in [0.3, 0.4) is 0 Å². The fourth-order valence-electron chi connectivity index (χ4n) is 1.90. The van der Waals surface area contributed by atoms with E-state index < -0.39 is 12.8 Å². The molecule has 0 spiro atoms. The molecule has 1 fully saturated rings. The molecular formula is C12H18F3N3O. The molecule has 108 valence electrons. The Bertz CT molecular complexity index is 438. The zero-order chi connectivity index (χ0) is 14.0. The van der Waals surface area contributed by atoms with Crippen LogP contribution < -0.4 is 5.32 Å². The standard InChI is InChI=1S/C12H18F3N3O/c1-8-11(5-16-10-3-4-10)9(2)18(17-8)7-19-6-12(13,14)15/h10,16H,3-7H2,1-2H3. The van der Waals surface area contributed by atoms with Crippen LogP contribution in [-0.4, -0.2) is 28.6 Å². The molecule has 1 aliphatic carbocycles. The Balaban J connectivity index is 1.91. The lowest BCUT2D eigenvalue weighted by Gasteiger charge is -2.09. The van der Waals surface area contributed by atoms with Crippen molar-refractivity contribution in [1.29, 1.82) is 0 Å². The van der Waals surface area contributed by atoms with Crippen LogP contribution in [-0.2, 0) is 18.0 Å². The summed E-state index contributed by atoms with van der Waals surface area (Å²) >= 11 is 0. The van der Waals surface area contributed by atoms with Gasteiger partial charge in [-0.2, -0.15) is 18.3 Å². The van der Waals surface area contributed by atoms with E-state index in [9.17, 15) is 13.2 Å². The third-order valence-electron chi connectivity index (χ3n) is 3.16. The first-order chi connectivity index (χ1) is 8.87. The molecule has 0 bridgehead atoms. The minimum absolute atomic E-state index is 0.171. The second kappa shape index (κ2) is 5.50. The average molecular weight is 277 g/mol. The molecule has 4 nitrogen and oxygen atoms in total. The normalized spacial score (nSPS) is 16.1. The second-order valence-corrected chi connectivity index (χ2v) is 4.90. The number of rotatable bonds is 6. The maximum atomic E-state index is 12.0. The minimum Gasteiger partial charge on any atom is -0.350 e. The second-order valence-electron chi connectivity index (χ2n) is 4.90. The highest BCUT2D eigenvalue weighted by Gasteiger charge is 2.27. The van der Waals surface area contributed by atoms with Crippen LogP contribution >= 0.6 is 0 Å². The molecule has 1 aromatic rings. The van der Waals surface area contributed by atoms with Gasteiger partial charge < -0.3 is 10.1 Å². The number of nitrogens with zero attached hydrogens (tertiary/aromatic N) is 2. The summed E-state index contributed by atoms with van der Waals surface area (Å²) in [4.78, 5) is 0. The van der Waals surface area contributed by atoms with Gasteiger partial charge in [0.25, 0.3) is 0 Å². The van der Waals surface area contributed by atoms with E-state index in [1.807, 2.05) is 13.8 Å². The van der Waals surface area contributed by atoms with Crippen molar-refractivity contribution < 1.29 is 17.9 Å². The summed E-state index contributed by atoms with van der Waals surface area (Å²) < 4.78 is 42.1. The molecule has 0 radical (unpaired) electrons. The lowest BCUT2D eigenvalue weighted by molar-refractivity contribution is -0.182. The highest BCUT2D eigenvalue weighted by atomic mass is 19.4. The van der Waals surface area contributed by atoms with E-state index >= 15 is 0 Å². The van der Waals surface area contributed by atoms with Crippen LogP contribution in [0.2, 0.25) is 0 Å². The van der Waals surface area contributed by atoms with Gasteiger partial charge in [-0.05, 0) is 26.7 Å². The smallest absolute Gasteiger partial charge is 0.350 e. The predicted molar refractivity (Wildman–Crippen MR) is 63.6 cm³/mol. The number of alkyl halides is 3. The van der Waals surface area contributed by atoms with E-state index in [1.54, 1.807) is 0 Å². The SMILES string of the molecule is Cc1nn(COCC(F)(F)F)c(C)c1CNC1CC1. The highest BCUT2D eigenvalue weighted by molar-refractivity contribution is 5.24. The van der Waals surface area contributed by atoms with Crippen molar-refractivity contribution >= 4 is 0 Å². The van der Waals surface area contributed by atoms with Crippen LogP contribution in [0.15, 0.2) is 0 Å². The molecule has 1 saturated carbocycles. The van der Waals surface area contributed by atoms with Gasteiger partial charge in [0.1, 0.15) is 13.3 Å². The van der Waals surface area contributed by atoms with Gasteiger partial charge in [-0.15, -0.1) is 0 Å². The topological polar surface area (TPSA) is 39.1 Å². The van der Waals surface area contributed by atoms with E-state index in [0.717, 1.165) is 17.0 Å². The zero-order valence-corrected chi connectivity index (χ0v) is 11.0. The van der Waals surface area contributed by atoms with Crippen LogP contribution in [0, 0.1) is 13.8 Å². The molecule has 0 aliphatic heterocycles. The van der Waals surface area contributed by atoms with Crippen molar-refractivity contribution in [1.82, 2.24) is 15.1 Å². The number of nitrogens with one attached hydrogen (secondary N) is 1. The third kappa shape index (κ3) is 4.21. The Kier molecular flexibility index (Phi) is 4.15. The van der Waals surface area contributed by atoms with Gasteiger partial charge in [-0.3, -0.25) is 0 Å². The Morgan fingerprint density at radius 3 is 2.63 bits per heavy atom. The lowest BCUT2D eigenvalue weighted by atomic mass is 10.2. The maximum absolute atomic E-state index is 12.0. The number of halogens is 3. The van der Waals surface area contributed by atoms with Gasteiger partial charge in [0, 0.05) is 23.8 Å². The first-order valence-electron chi connectivity index (χ1n) is 6.27. The molecule has 19 heavy (non-hydrogen) atoms. The Hall–Kier alpha value is -1.08. The first-order valence-corrected chi connectivity index (χ1v) is 6.27. The number of ether oxygens (including phenoxy) is 1. The average Bonchev–Trinajstić information content (AvgIpc) is 3.06. The summed E-state index contributed by atoms with van der Waals surface area (Å²) in [5.74, 6) is 0. The molecular weight excluding hydrogens is 259 g/mol. The Morgan fingerprint density at radius 1 is 1.37 bits per heavy atom. The van der Waals surface area contributed by atoms with Gasteiger partial charge in [0.15, 0.2) is 0 Å². The summed E-state index contributed by atoms with van der Waals surface area (Å²) in [6, 6.07) is 0.587. The molecule has 0 atom stereocenters. The number of hydrogen-bond acceptors (Lipinski definition) is 3. The van der Waals surface area contributed by atoms with Gasteiger partial charge in [0.2, 0.25) is 0 Å². The van der Waals surface area contributed by atoms with E-state index in [-0.39, 0.29) is 6.73 Å². The summed E-state index contributed by atoms with van der Waals surface area (Å²) in [6.07, 6.45) is -1.91. The maximum Gasteiger partial charge on any atom is 0.411 e. The van der Waals surface area contributed by atoms with Crippen molar-refractivity contribution in [3.8, 4) is 0 Å². The van der Waals surface area contributed by atoms with Crippen LogP contribution in [0.4, 0.5) is 13.2 Å². The minimum atomic E-state index is -4.30. The van der Waals surface area contributed by atoms with Gasteiger partial charge in [-0.25, -0.2) is 4.68 Å². The Labute approximate surface area is 109 Å². The van der Waals surface area contributed by atoms with Crippen molar-refractivity contribution in [2.45, 2.75) is 52.2 Å². The summed E-state index contributed by atoms with van der Waals surface area (Å²) in [5, 5.41) is 7.59. The molecule has 0 saturated heterocycles. The van der Waals surface area contributed by atoms with E-state index in [4.69, 9.17) is 0 Å². The molecule has 0 aromatic carbocycles. The molecule has 7 heteroatoms. The monoisotopic (exact) mass is 277 g/mol. The summed E-state index contributed by atoms with van der Waals surface area (Å²) in [5.41, 5.74) is 2.73. The van der Waals surface area contributed by atoms with E-state index in [0.29, 0.717) is 12.6 Å². The summed E-state index contributed by atoms with van der Waals surface area (Å²) in [7, 11) is 0. The van der Waals surface area contributed by atoms with E-state index in [1.165, 1.54) is 17.5 Å². The molecule has 1 aromatic heterocycles. The molecule has 0 amide bonds. The molecule has 2 rings (SSSR count). The zero-order valence-electron chi connectivity index (χ0n) is 11.0. The molecule has 1 N–H and O–H groups in total. The molecule has 0 unspecified atom stereocenters. The van der Waals surface area contributed by atoms with Crippen LogP contribution in [0.1, 0.15) is 29.8 Å². The number of hydrogen-bond donors (Lipinski definition) is 1. The van der Waals surface area contributed by atoms with Gasteiger partial charge in [0.05, 0.1) is 5.69 Å². The predicted octanol–water partition coefficient (Wildman–Crippen LogP) is 2.29. The third-order valence-corrected chi connectivity index (χ3v) is 3.16. The van der Waals surface area contributed by atoms with E-state index in [2.05, 4.69) is 15.2 Å². The number of aromatic nitrogens is 2. The fourth-order valence-corrected chi connectivity index (χ4v) is 1.90. The fraction of sp³-hybridized carbons (Fsp3) is 0.750. The highest BCUT2D eigenvalue weighted by Crippen LogP contribution is 2.21. The van der Waals surface area contributed by atoms with Crippen molar-refractivity contribution in [2.24, 2.45) is 0 Å². The molecule has 1 aliphatic rings. The van der Waals surface area contributed by atoms with Crippen LogP contribution in [0.25, 0.3) is 0 Å². The van der Waals surface area contributed by atoms with Crippen molar-refractivity contribution in [3.63, 3.8) is 0 Å². The van der Waals surface area contributed by atoms with Crippen molar-refractivity contribution in [2.75, 3.05) is 6.61 Å². The quantitative estimate of drug-likeness (QED) is 0.867. The van der Waals surface area contributed by atoms with Gasteiger partial charge in [-0.1, -0.05) is 0 Å². The largest absolute Gasteiger partial charge is 0.411 e. The Morgan fingerprint density at radius 2 is 2.05 bits per heavy atom. The summed E-state index contributed by atoms with van der Waals surface area (Å²) in [6.45, 7) is 3.00. The van der Waals surface area contributed by atoms with Gasteiger partial charge >= 0.3 is 6.18 Å². The first kappa shape index (κ1) is 14.3. The molecule has 1 heterocycles. The number of aryl methyl sites for hydroxylation is 1. The van der Waals surface area contributed by atoms with Crippen LogP contribution in [0.5, 0.6) is 0 Å².